The van der Waals surface area contributed by atoms with Crippen molar-refractivity contribution in [2.45, 2.75) is 43.7 Å². The van der Waals surface area contributed by atoms with Crippen molar-refractivity contribution in [1.29, 1.82) is 0 Å². The first-order valence-electron chi connectivity index (χ1n) is 5.04. The van der Waals surface area contributed by atoms with E-state index in [1.165, 1.54) is 0 Å². The maximum Gasteiger partial charge on any atom is 0.157 e. The minimum atomic E-state index is -5.15. The van der Waals surface area contributed by atoms with Crippen LogP contribution in [0.3, 0.4) is 0 Å². The molecule has 0 heterocycles. The average molecular weight is 271 g/mol. The summed E-state index contributed by atoms with van der Waals surface area (Å²) in [5, 5.41) is 2.28. The summed E-state index contributed by atoms with van der Waals surface area (Å²) in [5.74, 6) is 0. The van der Waals surface area contributed by atoms with Crippen LogP contribution in [-0.4, -0.2) is 21.4 Å². The highest BCUT2D eigenvalue weighted by atomic mass is 31.2. The highest BCUT2D eigenvalue weighted by Crippen LogP contribution is 2.53. The second-order valence-electron chi connectivity index (χ2n) is 4.00. The van der Waals surface area contributed by atoms with Gasteiger partial charge < -0.3 is 28.7 Å². The maximum atomic E-state index is 10.8. The number of hydrogen-bond donors (Lipinski definition) is 3. The van der Waals surface area contributed by atoms with Gasteiger partial charge >= 0.3 is 0 Å². The Kier molecular flexibility index (Phi) is 4.72. The smallest absolute Gasteiger partial charge is 0.157 e. The lowest BCUT2D eigenvalue weighted by molar-refractivity contribution is -0.207. The normalized spacial score (nSPS) is 28.0. The van der Waals surface area contributed by atoms with Crippen molar-refractivity contribution in [3.8, 4) is 0 Å². The van der Waals surface area contributed by atoms with Gasteiger partial charge in [-0.15, -0.1) is 0 Å². The van der Waals surface area contributed by atoms with Crippen LogP contribution in [0.1, 0.15) is 32.1 Å². The van der Waals surface area contributed by atoms with Gasteiger partial charge in [0.15, 0.2) is 15.2 Å². The first-order valence-corrected chi connectivity index (χ1v) is 8.33. The molecule has 1 fully saturated rings. The van der Waals surface area contributed by atoms with Crippen molar-refractivity contribution in [3.05, 3.63) is 0 Å². The fraction of sp³-hybridized carbons (Fsp3) is 1.00. The Labute approximate surface area is 93.6 Å². The lowest BCUT2D eigenvalue weighted by atomic mass is 9.96. The SMILES string of the molecule is O=P([O-])(O)C(NC1CCCCC1)P(=O)([O-])O. The molecule has 7 nitrogen and oxygen atoms in total. The molecule has 1 aliphatic carbocycles. The summed E-state index contributed by atoms with van der Waals surface area (Å²) in [6.45, 7) is 0. The number of nitrogens with one attached hydrogen (secondary N) is 1. The summed E-state index contributed by atoms with van der Waals surface area (Å²) >= 11 is 0. The summed E-state index contributed by atoms with van der Waals surface area (Å²) in [7, 11) is -10.3. The van der Waals surface area contributed by atoms with Crippen LogP contribution in [0.2, 0.25) is 0 Å². The Bertz CT molecular complexity index is 295. The summed E-state index contributed by atoms with van der Waals surface area (Å²) in [6, 6.07) is -0.303. The summed E-state index contributed by atoms with van der Waals surface area (Å²) in [4.78, 5) is 39.2. The molecule has 0 bridgehead atoms. The molecule has 3 N–H and O–H groups in total. The van der Waals surface area contributed by atoms with Crippen LogP contribution < -0.4 is 15.1 Å². The molecule has 0 spiro atoms. The molecule has 0 aliphatic heterocycles. The van der Waals surface area contributed by atoms with Crippen LogP contribution in [0.4, 0.5) is 0 Å². The standard InChI is InChI=1S/C7H17NO6P2/c9-15(10,11)7(16(12,13)14)8-6-4-2-1-3-5-6/h6-8H,1-5H2,(H2,9,10,11)(H2,12,13,14)/p-2. The largest absolute Gasteiger partial charge is 0.777 e. The molecule has 0 aromatic rings. The Balaban J connectivity index is 2.71. The summed E-state index contributed by atoms with van der Waals surface area (Å²) in [5.41, 5.74) is -2.29. The zero-order valence-electron chi connectivity index (χ0n) is 8.61. The summed E-state index contributed by atoms with van der Waals surface area (Å²) < 4.78 is 21.7. The second kappa shape index (κ2) is 5.27. The van der Waals surface area contributed by atoms with E-state index in [9.17, 15) is 18.9 Å². The van der Waals surface area contributed by atoms with Crippen LogP contribution in [0.15, 0.2) is 0 Å². The molecule has 16 heavy (non-hydrogen) atoms. The fourth-order valence-corrected chi connectivity index (χ4v) is 4.13. The van der Waals surface area contributed by atoms with E-state index in [1.807, 2.05) is 0 Å². The van der Waals surface area contributed by atoms with Crippen LogP contribution in [-0.2, 0) is 9.13 Å². The van der Waals surface area contributed by atoms with Crippen molar-refractivity contribution in [1.82, 2.24) is 5.32 Å². The van der Waals surface area contributed by atoms with Gasteiger partial charge in [-0.05, 0) is 12.8 Å². The molecular formula is C7H15NO6P2-2. The van der Waals surface area contributed by atoms with E-state index in [1.54, 1.807) is 0 Å². The van der Waals surface area contributed by atoms with Gasteiger partial charge in [0.25, 0.3) is 0 Å². The number of rotatable bonds is 4. The second-order valence-corrected chi connectivity index (χ2v) is 7.70. The van der Waals surface area contributed by atoms with Crippen molar-refractivity contribution in [3.63, 3.8) is 0 Å². The first kappa shape index (κ1) is 14.3. The predicted molar refractivity (Wildman–Crippen MR) is 53.4 cm³/mol. The molecule has 9 heteroatoms. The molecule has 96 valence electrons. The fourth-order valence-electron chi connectivity index (χ4n) is 1.85. The van der Waals surface area contributed by atoms with Crippen LogP contribution in [0.5, 0.6) is 0 Å². The highest BCUT2D eigenvalue weighted by Gasteiger charge is 2.32. The van der Waals surface area contributed by atoms with Gasteiger partial charge in [-0.1, -0.05) is 19.3 Å². The first-order chi connectivity index (χ1) is 7.21. The molecule has 1 aliphatic rings. The molecule has 1 saturated carbocycles. The lowest BCUT2D eigenvalue weighted by Gasteiger charge is -2.38. The highest BCUT2D eigenvalue weighted by molar-refractivity contribution is 7.69. The molecule has 1 rings (SSSR count). The third-order valence-corrected chi connectivity index (χ3v) is 5.89. The van der Waals surface area contributed by atoms with Gasteiger partial charge in [-0.25, -0.2) is 0 Å². The van der Waals surface area contributed by atoms with Gasteiger partial charge in [-0.3, -0.25) is 5.32 Å². The molecule has 0 aromatic carbocycles. The Hall–Kier alpha value is 0.260. The van der Waals surface area contributed by atoms with Crippen LogP contribution >= 0.6 is 15.2 Å². The van der Waals surface area contributed by atoms with Gasteiger partial charge in [-0.2, -0.15) is 0 Å². The monoisotopic (exact) mass is 271 g/mol. The molecule has 0 saturated heterocycles. The zero-order chi connectivity index (χ0) is 12.4. The van der Waals surface area contributed by atoms with E-state index in [-0.39, 0.29) is 6.04 Å². The minimum absolute atomic E-state index is 0.303. The number of hydrogen-bond acceptors (Lipinski definition) is 5. The quantitative estimate of drug-likeness (QED) is 0.575. The Morgan fingerprint density at radius 1 is 1.06 bits per heavy atom. The lowest BCUT2D eigenvalue weighted by Crippen LogP contribution is -2.43. The third kappa shape index (κ3) is 4.26. The van der Waals surface area contributed by atoms with Crippen molar-refractivity contribution >= 4 is 15.2 Å². The van der Waals surface area contributed by atoms with E-state index in [0.29, 0.717) is 12.8 Å². The van der Waals surface area contributed by atoms with E-state index < -0.39 is 20.7 Å². The Morgan fingerprint density at radius 2 is 1.50 bits per heavy atom. The average Bonchev–Trinajstić information content (AvgIpc) is 2.12. The van der Waals surface area contributed by atoms with E-state index in [4.69, 9.17) is 9.79 Å². The third-order valence-electron chi connectivity index (χ3n) is 2.61. The van der Waals surface area contributed by atoms with Crippen molar-refractivity contribution < 1.29 is 28.7 Å². The minimum Gasteiger partial charge on any atom is -0.777 e. The van der Waals surface area contributed by atoms with E-state index >= 15 is 0 Å². The molecule has 0 radical (unpaired) electrons. The van der Waals surface area contributed by atoms with Crippen molar-refractivity contribution in [2.24, 2.45) is 0 Å². The molecule has 0 amide bonds. The van der Waals surface area contributed by atoms with Crippen molar-refractivity contribution in [2.75, 3.05) is 0 Å². The van der Waals surface area contributed by atoms with Gasteiger partial charge in [0.2, 0.25) is 0 Å². The maximum absolute atomic E-state index is 10.8. The zero-order valence-corrected chi connectivity index (χ0v) is 10.4. The van der Waals surface area contributed by atoms with E-state index in [2.05, 4.69) is 5.32 Å². The molecule has 2 unspecified atom stereocenters. The predicted octanol–water partition coefficient (Wildman–Crippen LogP) is -0.716. The summed E-state index contributed by atoms with van der Waals surface area (Å²) in [6.07, 6.45) is 4.03. The van der Waals surface area contributed by atoms with Gasteiger partial charge in [0, 0.05) is 6.04 Å². The van der Waals surface area contributed by atoms with Gasteiger partial charge in [0.1, 0.15) is 5.52 Å². The van der Waals surface area contributed by atoms with E-state index in [0.717, 1.165) is 19.3 Å². The molecule has 2 atom stereocenters. The molecule has 0 aromatic heterocycles. The van der Waals surface area contributed by atoms with Crippen LogP contribution in [0, 0.1) is 0 Å². The van der Waals surface area contributed by atoms with Gasteiger partial charge in [0.05, 0.1) is 0 Å². The topological polar surface area (TPSA) is 133 Å². The molecular weight excluding hydrogens is 256 g/mol. The Morgan fingerprint density at radius 3 is 1.88 bits per heavy atom. The van der Waals surface area contributed by atoms with Crippen LogP contribution in [0.25, 0.3) is 0 Å².